The third-order valence-corrected chi connectivity index (χ3v) is 0.192. The van der Waals surface area contributed by atoms with Gasteiger partial charge >= 0.3 is 0 Å². The van der Waals surface area contributed by atoms with Gasteiger partial charge in [-0.1, -0.05) is 26.0 Å². The molecule has 0 amide bonds. The number of hydrogen-bond donors (Lipinski definition) is 1. The molecule has 0 saturated heterocycles. The van der Waals surface area contributed by atoms with E-state index in [0.29, 0.717) is 0 Å². The normalized spacial score (nSPS) is 6.22. The predicted molar refractivity (Wildman–Crippen MR) is 46.2 cm³/mol. The zero-order valence-corrected chi connectivity index (χ0v) is 7.02. The average Bonchev–Trinajstić information content (AvgIpc) is 1.94. The number of nitrogens with two attached hydrogens (primary N) is 1. The first kappa shape index (κ1) is 15.7. The van der Waals surface area contributed by atoms with Gasteiger partial charge in [0, 0.05) is 0 Å². The lowest BCUT2D eigenvalue weighted by molar-refractivity contribution is 1.50. The smallest absolute Gasteiger partial charge is 0.0106 e. The minimum absolute atomic E-state index is 1.50. The van der Waals surface area contributed by atoms with Crippen LogP contribution in [0.1, 0.15) is 27.7 Å². The Morgan fingerprint density at radius 3 is 1.33 bits per heavy atom. The highest BCUT2D eigenvalue weighted by Crippen LogP contribution is 1.47. The second kappa shape index (κ2) is 55.2. The van der Waals surface area contributed by atoms with Crippen LogP contribution in [0.3, 0.4) is 0 Å². The Morgan fingerprint density at radius 1 is 1.22 bits per heavy atom. The molecule has 0 saturated carbocycles. The Morgan fingerprint density at radius 2 is 1.33 bits per heavy atom. The standard InChI is InChI=1S/C3H7N.C3H6.C2H6/c1-2-3-4;1-3-2;1-2/h2-3H,4H2,1H3;3H,1H2,2H3;1-2H3/b3-2+;;. The van der Waals surface area contributed by atoms with Crippen LogP contribution in [0, 0.1) is 0 Å². The van der Waals surface area contributed by atoms with Gasteiger partial charge < -0.3 is 5.73 Å². The third-order valence-electron chi connectivity index (χ3n) is 0.192. The van der Waals surface area contributed by atoms with Gasteiger partial charge in [-0.15, -0.1) is 6.58 Å². The highest BCUT2D eigenvalue weighted by Gasteiger charge is 1.32. The minimum atomic E-state index is 1.50. The SMILES string of the molecule is C/C=C/N.C=CC.CC. The molecule has 0 unspecified atom stereocenters. The minimum Gasteiger partial charge on any atom is -0.405 e. The van der Waals surface area contributed by atoms with Crippen molar-refractivity contribution in [1.82, 2.24) is 0 Å². The van der Waals surface area contributed by atoms with Gasteiger partial charge in [0.2, 0.25) is 0 Å². The Hall–Kier alpha value is -0.720. The lowest BCUT2D eigenvalue weighted by Crippen LogP contribution is -1.70. The second-order valence-corrected chi connectivity index (χ2v) is 0.934. The molecule has 0 spiro atoms. The number of allylic oxidation sites excluding steroid dienone is 2. The zero-order valence-electron chi connectivity index (χ0n) is 7.02. The summed E-state index contributed by atoms with van der Waals surface area (Å²) in [7, 11) is 0. The summed E-state index contributed by atoms with van der Waals surface area (Å²) >= 11 is 0. The van der Waals surface area contributed by atoms with Crippen LogP contribution in [0.15, 0.2) is 24.9 Å². The number of rotatable bonds is 0. The Balaban J connectivity index is -0.0000000646. The molecule has 0 aliphatic heterocycles. The second-order valence-electron chi connectivity index (χ2n) is 0.934. The summed E-state index contributed by atoms with van der Waals surface area (Å²) in [6.45, 7) is 11.1. The quantitative estimate of drug-likeness (QED) is 0.500. The highest BCUT2D eigenvalue weighted by atomic mass is 14.5. The first-order valence-electron chi connectivity index (χ1n) is 3.23. The summed E-state index contributed by atoms with van der Waals surface area (Å²) in [5, 5.41) is 0. The molecule has 0 aromatic rings. The Kier molecular flexibility index (Phi) is 96.6. The molecule has 0 aromatic carbocycles. The van der Waals surface area contributed by atoms with Crippen LogP contribution in [0.25, 0.3) is 0 Å². The van der Waals surface area contributed by atoms with E-state index in [-0.39, 0.29) is 0 Å². The predicted octanol–water partition coefficient (Wildman–Crippen LogP) is 2.70. The summed E-state index contributed by atoms with van der Waals surface area (Å²) in [5.41, 5.74) is 4.85. The van der Waals surface area contributed by atoms with Crippen LogP contribution in [-0.2, 0) is 0 Å². The molecular formula is C8H19N. The molecule has 0 bridgehead atoms. The summed E-state index contributed by atoms with van der Waals surface area (Å²) in [6, 6.07) is 0. The third kappa shape index (κ3) is 2590. The molecule has 1 nitrogen and oxygen atoms in total. The van der Waals surface area contributed by atoms with Crippen molar-refractivity contribution in [2.24, 2.45) is 5.73 Å². The van der Waals surface area contributed by atoms with E-state index >= 15 is 0 Å². The van der Waals surface area contributed by atoms with E-state index in [9.17, 15) is 0 Å². The molecule has 0 aliphatic rings. The molecule has 9 heavy (non-hydrogen) atoms. The van der Waals surface area contributed by atoms with Gasteiger partial charge in [-0.3, -0.25) is 0 Å². The first-order valence-corrected chi connectivity index (χ1v) is 3.23. The van der Waals surface area contributed by atoms with Gasteiger partial charge in [-0.25, -0.2) is 0 Å². The molecule has 0 atom stereocenters. The van der Waals surface area contributed by atoms with E-state index in [1.165, 1.54) is 6.20 Å². The van der Waals surface area contributed by atoms with Crippen LogP contribution in [0.2, 0.25) is 0 Å². The molecule has 0 heterocycles. The van der Waals surface area contributed by atoms with Crippen molar-refractivity contribution in [3.8, 4) is 0 Å². The molecule has 2 N–H and O–H groups in total. The van der Waals surface area contributed by atoms with Crippen molar-refractivity contribution in [1.29, 1.82) is 0 Å². The first-order chi connectivity index (χ1) is 4.33. The molecule has 0 fully saturated rings. The van der Waals surface area contributed by atoms with E-state index in [1.54, 1.807) is 12.2 Å². The van der Waals surface area contributed by atoms with Gasteiger partial charge in [-0.05, 0) is 20.0 Å². The fourth-order valence-corrected chi connectivity index (χ4v) is 0. The summed E-state index contributed by atoms with van der Waals surface area (Å²) in [4.78, 5) is 0. The maximum Gasteiger partial charge on any atom is -0.0106 e. The maximum atomic E-state index is 4.85. The molecule has 0 rings (SSSR count). The molecule has 0 radical (unpaired) electrons. The fourth-order valence-electron chi connectivity index (χ4n) is 0. The summed E-state index contributed by atoms with van der Waals surface area (Å²) in [5.74, 6) is 0. The molecule has 0 aliphatic carbocycles. The van der Waals surface area contributed by atoms with Gasteiger partial charge in [0.05, 0.1) is 0 Å². The van der Waals surface area contributed by atoms with Crippen LogP contribution < -0.4 is 5.73 Å². The van der Waals surface area contributed by atoms with Gasteiger partial charge in [-0.2, -0.15) is 0 Å². The van der Waals surface area contributed by atoms with Crippen molar-refractivity contribution in [2.45, 2.75) is 27.7 Å². The van der Waals surface area contributed by atoms with E-state index in [1.807, 2.05) is 27.7 Å². The largest absolute Gasteiger partial charge is 0.405 e. The van der Waals surface area contributed by atoms with Crippen molar-refractivity contribution in [3.05, 3.63) is 24.9 Å². The van der Waals surface area contributed by atoms with Crippen molar-refractivity contribution >= 4 is 0 Å². The van der Waals surface area contributed by atoms with Gasteiger partial charge in [0.15, 0.2) is 0 Å². The summed E-state index contributed by atoms with van der Waals surface area (Å²) in [6.07, 6.45) is 5.03. The fraction of sp³-hybridized carbons (Fsp3) is 0.500. The summed E-state index contributed by atoms with van der Waals surface area (Å²) < 4.78 is 0. The topological polar surface area (TPSA) is 26.0 Å². The maximum absolute atomic E-state index is 4.85. The van der Waals surface area contributed by atoms with Crippen molar-refractivity contribution < 1.29 is 0 Å². The average molecular weight is 129 g/mol. The van der Waals surface area contributed by atoms with Gasteiger partial charge in [0.25, 0.3) is 0 Å². The van der Waals surface area contributed by atoms with Crippen molar-refractivity contribution in [2.75, 3.05) is 0 Å². The Labute approximate surface area is 59.3 Å². The molecule has 56 valence electrons. The van der Waals surface area contributed by atoms with E-state index in [4.69, 9.17) is 5.73 Å². The molecular weight excluding hydrogens is 110 g/mol. The lowest BCUT2D eigenvalue weighted by Gasteiger charge is -1.53. The van der Waals surface area contributed by atoms with Crippen LogP contribution in [-0.4, -0.2) is 0 Å². The lowest BCUT2D eigenvalue weighted by atomic mass is 10.7. The van der Waals surface area contributed by atoms with Crippen molar-refractivity contribution in [3.63, 3.8) is 0 Å². The number of hydrogen-bond acceptors (Lipinski definition) is 1. The Bertz CT molecular complexity index is 42.5. The van der Waals surface area contributed by atoms with Crippen LogP contribution in [0.5, 0.6) is 0 Å². The zero-order chi connectivity index (χ0) is 8.12. The van der Waals surface area contributed by atoms with Crippen LogP contribution in [0.4, 0.5) is 0 Å². The molecule has 1 heteroatoms. The van der Waals surface area contributed by atoms with Gasteiger partial charge in [0.1, 0.15) is 0 Å². The van der Waals surface area contributed by atoms with E-state index < -0.39 is 0 Å². The highest BCUT2D eigenvalue weighted by molar-refractivity contribution is 4.66. The molecule has 0 aromatic heterocycles. The van der Waals surface area contributed by atoms with E-state index in [0.717, 1.165) is 0 Å². The van der Waals surface area contributed by atoms with Crippen LogP contribution >= 0.6 is 0 Å². The monoisotopic (exact) mass is 129 g/mol. The van der Waals surface area contributed by atoms with E-state index in [2.05, 4.69) is 6.58 Å².